The van der Waals surface area contributed by atoms with Crippen LogP contribution in [0.4, 0.5) is 22.7 Å². The Morgan fingerprint density at radius 1 is 0.578 bits per heavy atom. The summed E-state index contributed by atoms with van der Waals surface area (Å²) in [7, 11) is 0. The van der Waals surface area contributed by atoms with Gasteiger partial charge in [0.15, 0.2) is 0 Å². The number of nitrogens with zero attached hydrogens (tertiary/aromatic N) is 2. The fourth-order valence-electron chi connectivity index (χ4n) is 8.16. The second kappa shape index (κ2) is 8.80. The summed E-state index contributed by atoms with van der Waals surface area (Å²) in [4.78, 5) is 14.3. The number of benzene rings is 8. The predicted octanol–water partition coefficient (Wildman–Crippen LogP) is 11.5. The molecular weight excluding hydrogens is 552 g/mol. The molecule has 0 fully saturated rings. The second-order valence-corrected chi connectivity index (χ2v) is 13.1. The molecule has 0 amide bonds. The lowest BCUT2D eigenvalue weighted by molar-refractivity contribution is -0.383. The standard InChI is InChI=1S/C41H30N2O2/c1-23-19-35(31-17-15-30-24(2)20-36(43(44)45)32-18-16-29(23)39(31)40(30)32)42(27-10-6-5-7-11-27)28-21-26-14-13-25-9-8-12-33-37(25)38(26)34(22-28)41(33,3)4/h5-22H,1-4H3. The SMILES string of the molecule is Cc1cc(N(c2ccccc2)c2cc3c4c(ccc5cccc(c54)C3(C)C)c2)c2ccc3c(C)cc([N+](=O)[O-])c4ccc1c2c34. The molecule has 0 saturated carbocycles. The van der Waals surface area contributed by atoms with E-state index in [4.69, 9.17) is 0 Å². The third-order valence-corrected chi connectivity index (χ3v) is 10.3. The molecule has 45 heavy (non-hydrogen) atoms. The molecule has 0 saturated heterocycles. The summed E-state index contributed by atoms with van der Waals surface area (Å²) < 4.78 is 0. The summed E-state index contributed by atoms with van der Waals surface area (Å²) >= 11 is 0. The van der Waals surface area contributed by atoms with E-state index in [1.54, 1.807) is 6.07 Å². The molecular formula is C41H30N2O2. The molecule has 0 heterocycles. The molecule has 0 aromatic heterocycles. The molecule has 8 aromatic carbocycles. The lowest BCUT2D eigenvalue weighted by atomic mass is 9.81. The second-order valence-electron chi connectivity index (χ2n) is 13.1. The Bertz CT molecular complexity index is 2570. The van der Waals surface area contributed by atoms with Gasteiger partial charge < -0.3 is 4.90 Å². The van der Waals surface area contributed by atoms with Crippen LogP contribution in [0.15, 0.2) is 109 Å². The van der Waals surface area contributed by atoms with Crippen LogP contribution in [0.5, 0.6) is 0 Å². The summed E-state index contributed by atoms with van der Waals surface area (Å²) in [6.07, 6.45) is 0. The van der Waals surface area contributed by atoms with Crippen molar-refractivity contribution in [3.05, 3.63) is 142 Å². The van der Waals surface area contributed by atoms with Gasteiger partial charge in [0.2, 0.25) is 0 Å². The van der Waals surface area contributed by atoms with Crippen LogP contribution in [0.1, 0.15) is 36.1 Å². The molecule has 4 nitrogen and oxygen atoms in total. The number of nitro groups is 1. The molecule has 1 aliphatic carbocycles. The van der Waals surface area contributed by atoms with E-state index in [-0.39, 0.29) is 16.0 Å². The first-order valence-corrected chi connectivity index (χ1v) is 15.5. The summed E-state index contributed by atoms with van der Waals surface area (Å²) in [6, 6.07) is 38.7. The van der Waals surface area contributed by atoms with Gasteiger partial charge in [0, 0.05) is 33.6 Å². The van der Waals surface area contributed by atoms with Crippen molar-refractivity contribution in [3.63, 3.8) is 0 Å². The molecule has 0 N–H and O–H groups in total. The fraction of sp³-hybridized carbons (Fsp3) is 0.122. The number of nitro benzene ring substituents is 1. The predicted molar refractivity (Wildman–Crippen MR) is 188 cm³/mol. The largest absolute Gasteiger partial charge is 0.310 e. The lowest BCUT2D eigenvalue weighted by Gasteiger charge is -2.30. The van der Waals surface area contributed by atoms with Crippen LogP contribution in [0.3, 0.4) is 0 Å². The van der Waals surface area contributed by atoms with E-state index in [1.165, 1.54) is 32.7 Å². The molecule has 216 valence electrons. The summed E-state index contributed by atoms with van der Waals surface area (Å²) in [5.41, 5.74) is 8.00. The van der Waals surface area contributed by atoms with E-state index in [1.807, 2.05) is 13.0 Å². The maximum Gasteiger partial charge on any atom is 0.277 e. The van der Waals surface area contributed by atoms with Gasteiger partial charge in [-0.25, -0.2) is 0 Å². The van der Waals surface area contributed by atoms with Crippen LogP contribution in [0.25, 0.3) is 53.9 Å². The number of hydrogen-bond acceptors (Lipinski definition) is 3. The van der Waals surface area contributed by atoms with E-state index in [9.17, 15) is 10.1 Å². The highest BCUT2D eigenvalue weighted by Crippen LogP contribution is 2.52. The van der Waals surface area contributed by atoms with Crippen LogP contribution in [-0.4, -0.2) is 4.92 Å². The monoisotopic (exact) mass is 582 g/mol. The van der Waals surface area contributed by atoms with Gasteiger partial charge in [0.25, 0.3) is 5.69 Å². The van der Waals surface area contributed by atoms with Crippen molar-refractivity contribution in [1.82, 2.24) is 0 Å². The summed E-state index contributed by atoms with van der Waals surface area (Å²) in [6.45, 7) is 8.79. The van der Waals surface area contributed by atoms with Crippen molar-refractivity contribution in [2.24, 2.45) is 0 Å². The first-order chi connectivity index (χ1) is 21.7. The Balaban J connectivity index is 1.40. The third kappa shape index (κ3) is 3.37. The minimum atomic E-state index is -0.252. The zero-order chi connectivity index (χ0) is 30.8. The van der Waals surface area contributed by atoms with Gasteiger partial charge >= 0.3 is 0 Å². The number of anilines is 3. The number of hydrogen-bond donors (Lipinski definition) is 0. The maximum absolute atomic E-state index is 12.2. The molecule has 0 bridgehead atoms. The normalized spacial score (nSPS) is 13.7. The average molecular weight is 583 g/mol. The zero-order valence-corrected chi connectivity index (χ0v) is 25.6. The Hall–Kier alpha value is -5.48. The molecule has 0 aliphatic heterocycles. The Labute approximate surface area is 260 Å². The topological polar surface area (TPSA) is 46.4 Å². The highest BCUT2D eigenvalue weighted by Gasteiger charge is 2.35. The number of para-hydroxylation sites is 1. The molecule has 8 aromatic rings. The van der Waals surface area contributed by atoms with Crippen molar-refractivity contribution in [2.75, 3.05) is 4.90 Å². The lowest BCUT2D eigenvalue weighted by Crippen LogP contribution is -2.17. The molecule has 9 rings (SSSR count). The fourth-order valence-corrected chi connectivity index (χ4v) is 8.16. The van der Waals surface area contributed by atoms with Crippen molar-refractivity contribution in [3.8, 4) is 0 Å². The summed E-state index contributed by atoms with van der Waals surface area (Å²) in [5.74, 6) is 0. The van der Waals surface area contributed by atoms with Crippen molar-refractivity contribution in [2.45, 2.75) is 33.1 Å². The highest BCUT2D eigenvalue weighted by molar-refractivity contribution is 6.28. The van der Waals surface area contributed by atoms with Gasteiger partial charge in [0.1, 0.15) is 0 Å². The Morgan fingerprint density at radius 2 is 1.22 bits per heavy atom. The van der Waals surface area contributed by atoms with Gasteiger partial charge in [-0.3, -0.25) is 10.1 Å². The van der Waals surface area contributed by atoms with E-state index in [2.05, 4.69) is 123 Å². The van der Waals surface area contributed by atoms with Crippen LogP contribution < -0.4 is 4.90 Å². The number of non-ortho nitro benzene ring substituents is 1. The van der Waals surface area contributed by atoms with Crippen LogP contribution >= 0.6 is 0 Å². The Kier molecular flexibility index (Phi) is 5.08. The average Bonchev–Trinajstić information content (AvgIpc) is 3.28. The smallest absolute Gasteiger partial charge is 0.277 e. The van der Waals surface area contributed by atoms with E-state index in [0.29, 0.717) is 5.39 Å². The first kappa shape index (κ1) is 26.0. The number of aryl methyl sites for hydroxylation is 2. The van der Waals surface area contributed by atoms with Gasteiger partial charge in [-0.05, 0) is 110 Å². The minimum absolute atomic E-state index is 0.144. The number of rotatable bonds is 4. The molecule has 0 atom stereocenters. The van der Waals surface area contributed by atoms with Crippen LogP contribution in [0.2, 0.25) is 0 Å². The highest BCUT2D eigenvalue weighted by atomic mass is 16.6. The van der Waals surface area contributed by atoms with Gasteiger partial charge in [-0.2, -0.15) is 0 Å². The first-order valence-electron chi connectivity index (χ1n) is 15.5. The molecule has 0 radical (unpaired) electrons. The third-order valence-electron chi connectivity index (χ3n) is 10.3. The van der Waals surface area contributed by atoms with E-state index in [0.717, 1.165) is 55.1 Å². The zero-order valence-electron chi connectivity index (χ0n) is 25.6. The van der Waals surface area contributed by atoms with Gasteiger partial charge in [0.05, 0.1) is 16.0 Å². The van der Waals surface area contributed by atoms with E-state index < -0.39 is 0 Å². The maximum atomic E-state index is 12.2. The molecule has 0 unspecified atom stereocenters. The minimum Gasteiger partial charge on any atom is -0.310 e. The van der Waals surface area contributed by atoms with Crippen molar-refractivity contribution in [1.29, 1.82) is 0 Å². The van der Waals surface area contributed by atoms with E-state index >= 15 is 0 Å². The Morgan fingerprint density at radius 3 is 1.98 bits per heavy atom. The van der Waals surface area contributed by atoms with Crippen molar-refractivity contribution < 1.29 is 4.92 Å². The molecule has 1 aliphatic rings. The molecule has 4 heteroatoms. The molecule has 0 spiro atoms. The summed E-state index contributed by atoms with van der Waals surface area (Å²) in [5, 5.41) is 23.4. The van der Waals surface area contributed by atoms with Crippen LogP contribution in [-0.2, 0) is 5.41 Å². The van der Waals surface area contributed by atoms with Crippen LogP contribution in [0, 0.1) is 24.0 Å². The van der Waals surface area contributed by atoms with Gasteiger partial charge in [-0.1, -0.05) is 80.6 Å². The quantitative estimate of drug-likeness (QED) is 0.118. The van der Waals surface area contributed by atoms with Crippen molar-refractivity contribution >= 4 is 76.6 Å². The van der Waals surface area contributed by atoms with Gasteiger partial charge in [-0.15, -0.1) is 0 Å².